The molecule has 1 atom stereocenters. The number of carbonyl (C=O) groups excluding carboxylic acids is 1. The highest BCUT2D eigenvalue weighted by atomic mass is 35.5. The quantitative estimate of drug-likeness (QED) is 0.751. The Morgan fingerprint density at radius 2 is 1.85 bits per heavy atom. The number of amides is 1. The number of anilines is 1. The van der Waals surface area contributed by atoms with E-state index in [0.717, 1.165) is 5.56 Å². The van der Waals surface area contributed by atoms with Crippen molar-refractivity contribution < 1.29 is 17.9 Å². The Bertz CT molecular complexity index is 883. The van der Waals surface area contributed by atoms with Crippen molar-refractivity contribution in [2.24, 2.45) is 0 Å². The van der Waals surface area contributed by atoms with E-state index < -0.39 is 22.0 Å². The molecular formula is C18H21ClN2O4S. The fourth-order valence-electron chi connectivity index (χ4n) is 2.24. The number of hydrogen-bond donors (Lipinski definition) is 2. The highest BCUT2D eigenvalue weighted by Gasteiger charge is 2.22. The Kier molecular flexibility index (Phi) is 6.63. The van der Waals surface area contributed by atoms with Gasteiger partial charge in [0.05, 0.1) is 17.5 Å². The summed E-state index contributed by atoms with van der Waals surface area (Å²) in [5.41, 5.74) is 1.36. The van der Waals surface area contributed by atoms with E-state index >= 15 is 0 Å². The van der Waals surface area contributed by atoms with Crippen LogP contribution in [0.4, 0.5) is 5.69 Å². The molecule has 2 N–H and O–H groups in total. The van der Waals surface area contributed by atoms with Gasteiger partial charge in [-0.05, 0) is 68.8 Å². The molecule has 1 amide bonds. The van der Waals surface area contributed by atoms with Gasteiger partial charge in [-0.1, -0.05) is 11.6 Å². The van der Waals surface area contributed by atoms with Crippen molar-refractivity contribution >= 4 is 33.2 Å². The first kappa shape index (κ1) is 20.2. The summed E-state index contributed by atoms with van der Waals surface area (Å²) in [6.07, 6.45) is 0. The largest absolute Gasteiger partial charge is 0.494 e. The van der Waals surface area contributed by atoms with E-state index in [1.165, 1.54) is 19.1 Å². The SMILES string of the molecule is CCOc1ccc(S(=O)(=O)N[C@@H](C)C(=O)Nc2ccc(Cl)cc2C)cc1. The highest BCUT2D eigenvalue weighted by Crippen LogP contribution is 2.20. The minimum atomic E-state index is -3.83. The molecule has 0 aromatic heterocycles. The highest BCUT2D eigenvalue weighted by molar-refractivity contribution is 7.89. The van der Waals surface area contributed by atoms with Crippen LogP contribution >= 0.6 is 11.6 Å². The number of hydrogen-bond acceptors (Lipinski definition) is 4. The van der Waals surface area contributed by atoms with E-state index in [0.29, 0.717) is 23.1 Å². The summed E-state index contributed by atoms with van der Waals surface area (Å²) in [5.74, 6) is 0.111. The number of benzene rings is 2. The molecule has 140 valence electrons. The Labute approximate surface area is 158 Å². The van der Waals surface area contributed by atoms with Gasteiger partial charge in [-0.3, -0.25) is 4.79 Å². The van der Waals surface area contributed by atoms with Gasteiger partial charge in [0.15, 0.2) is 0 Å². The smallest absolute Gasteiger partial charge is 0.242 e. The Morgan fingerprint density at radius 1 is 1.19 bits per heavy atom. The van der Waals surface area contributed by atoms with Crippen LogP contribution in [0, 0.1) is 6.92 Å². The Morgan fingerprint density at radius 3 is 2.42 bits per heavy atom. The Balaban J connectivity index is 2.06. The lowest BCUT2D eigenvalue weighted by molar-refractivity contribution is -0.117. The monoisotopic (exact) mass is 396 g/mol. The molecule has 0 aliphatic heterocycles. The van der Waals surface area contributed by atoms with Crippen LogP contribution in [0.3, 0.4) is 0 Å². The van der Waals surface area contributed by atoms with Crippen LogP contribution in [0.15, 0.2) is 47.4 Å². The first-order valence-electron chi connectivity index (χ1n) is 8.05. The molecule has 6 nitrogen and oxygen atoms in total. The van der Waals surface area contributed by atoms with Gasteiger partial charge in [0.2, 0.25) is 15.9 Å². The van der Waals surface area contributed by atoms with E-state index in [2.05, 4.69) is 10.0 Å². The number of sulfonamides is 1. The van der Waals surface area contributed by atoms with E-state index in [9.17, 15) is 13.2 Å². The van der Waals surface area contributed by atoms with Gasteiger partial charge in [0.1, 0.15) is 5.75 Å². The number of rotatable bonds is 7. The van der Waals surface area contributed by atoms with Crippen molar-refractivity contribution in [3.8, 4) is 5.75 Å². The van der Waals surface area contributed by atoms with Crippen molar-refractivity contribution in [1.29, 1.82) is 0 Å². The lowest BCUT2D eigenvalue weighted by Gasteiger charge is -2.16. The molecule has 0 saturated carbocycles. The van der Waals surface area contributed by atoms with E-state index in [-0.39, 0.29) is 4.90 Å². The van der Waals surface area contributed by atoms with E-state index in [4.69, 9.17) is 16.3 Å². The third-order valence-electron chi connectivity index (χ3n) is 3.62. The van der Waals surface area contributed by atoms with Crippen molar-refractivity contribution in [3.63, 3.8) is 0 Å². The van der Waals surface area contributed by atoms with Crippen LogP contribution in [0.2, 0.25) is 5.02 Å². The molecular weight excluding hydrogens is 376 g/mol. The molecule has 0 aliphatic carbocycles. The van der Waals surface area contributed by atoms with Gasteiger partial charge in [0.25, 0.3) is 0 Å². The van der Waals surface area contributed by atoms with Crippen LogP contribution in [-0.2, 0) is 14.8 Å². The minimum absolute atomic E-state index is 0.0586. The second-order valence-corrected chi connectivity index (χ2v) is 7.85. The summed E-state index contributed by atoms with van der Waals surface area (Å²) in [6, 6.07) is 10.1. The molecule has 2 aromatic rings. The van der Waals surface area contributed by atoms with Crippen molar-refractivity contribution in [2.45, 2.75) is 31.7 Å². The average Bonchev–Trinajstić information content (AvgIpc) is 2.57. The van der Waals surface area contributed by atoms with Crippen LogP contribution in [0.5, 0.6) is 5.75 Å². The van der Waals surface area contributed by atoms with Crippen LogP contribution in [0.1, 0.15) is 19.4 Å². The number of ether oxygens (including phenoxy) is 1. The first-order valence-corrected chi connectivity index (χ1v) is 9.91. The lowest BCUT2D eigenvalue weighted by atomic mass is 10.2. The number of carbonyl (C=O) groups is 1. The molecule has 8 heteroatoms. The number of aryl methyl sites for hydroxylation is 1. The fourth-order valence-corrected chi connectivity index (χ4v) is 3.67. The normalized spacial score (nSPS) is 12.5. The molecule has 0 aliphatic rings. The average molecular weight is 397 g/mol. The maximum atomic E-state index is 12.4. The molecule has 0 heterocycles. The standard InChI is InChI=1S/C18H21ClN2O4S/c1-4-25-15-6-8-16(9-7-15)26(23,24)21-13(3)18(22)20-17-10-5-14(19)11-12(17)2/h5-11,13,21H,4H2,1-3H3,(H,20,22)/t13-/m0/s1. The molecule has 0 bridgehead atoms. The lowest BCUT2D eigenvalue weighted by Crippen LogP contribution is -2.41. The van der Waals surface area contributed by atoms with E-state index in [1.54, 1.807) is 37.3 Å². The van der Waals surface area contributed by atoms with Gasteiger partial charge >= 0.3 is 0 Å². The molecule has 0 radical (unpaired) electrons. The third kappa shape index (κ3) is 5.20. The topological polar surface area (TPSA) is 84.5 Å². The van der Waals surface area contributed by atoms with Crippen molar-refractivity contribution in [1.82, 2.24) is 4.72 Å². The first-order chi connectivity index (χ1) is 12.2. The summed E-state index contributed by atoms with van der Waals surface area (Å²) in [7, 11) is -3.83. The molecule has 0 saturated heterocycles. The Hall–Kier alpha value is -2.09. The van der Waals surface area contributed by atoms with Crippen LogP contribution in [-0.4, -0.2) is 27.0 Å². The molecule has 2 rings (SSSR count). The zero-order valence-corrected chi connectivity index (χ0v) is 16.3. The summed E-state index contributed by atoms with van der Waals surface area (Å²) in [6.45, 7) is 5.61. The molecule has 0 fully saturated rings. The maximum absolute atomic E-state index is 12.4. The third-order valence-corrected chi connectivity index (χ3v) is 5.41. The molecule has 2 aromatic carbocycles. The summed E-state index contributed by atoms with van der Waals surface area (Å²) in [5, 5.41) is 3.25. The number of nitrogens with one attached hydrogen (secondary N) is 2. The second kappa shape index (κ2) is 8.53. The number of halogens is 1. The summed E-state index contributed by atoms with van der Waals surface area (Å²) >= 11 is 5.89. The van der Waals surface area contributed by atoms with E-state index in [1.807, 2.05) is 6.92 Å². The van der Waals surface area contributed by atoms with Gasteiger partial charge in [-0.2, -0.15) is 4.72 Å². The van der Waals surface area contributed by atoms with Gasteiger partial charge in [-0.15, -0.1) is 0 Å². The van der Waals surface area contributed by atoms with Gasteiger partial charge < -0.3 is 10.1 Å². The second-order valence-electron chi connectivity index (χ2n) is 5.70. The predicted octanol–water partition coefficient (Wildman–Crippen LogP) is 3.35. The zero-order chi connectivity index (χ0) is 19.3. The summed E-state index contributed by atoms with van der Waals surface area (Å²) in [4.78, 5) is 12.4. The molecule has 0 spiro atoms. The van der Waals surface area contributed by atoms with Crippen LogP contribution in [0.25, 0.3) is 0 Å². The molecule has 26 heavy (non-hydrogen) atoms. The van der Waals surface area contributed by atoms with Crippen molar-refractivity contribution in [3.05, 3.63) is 53.1 Å². The van der Waals surface area contributed by atoms with Crippen molar-refractivity contribution in [2.75, 3.05) is 11.9 Å². The summed E-state index contributed by atoms with van der Waals surface area (Å²) < 4.78 is 32.5. The van der Waals surface area contributed by atoms with Crippen LogP contribution < -0.4 is 14.8 Å². The maximum Gasteiger partial charge on any atom is 0.242 e. The predicted molar refractivity (Wildman–Crippen MR) is 102 cm³/mol. The zero-order valence-electron chi connectivity index (χ0n) is 14.7. The fraction of sp³-hybridized carbons (Fsp3) is 0.278. The molecule has 0 unspecified atom stereocenters. The van der Waals surface area contributed by atoms with Gasteiger partial charge in [0, 0.05) is 10.7 Å². The van der Waals surface area contributed by atoms with Gasteiger partial charge in [-0.25, -0.2) is 8.42 Å². The minimum Gasteiger partial charge on any atom is -0.494 e.